The number of nitrogens with two attached hydrogens (primary N) is 1. The van der Waals surface area contributed by atoms with Crippen LogP contribution in [-0.4, -0.2) is 12.1 Å². The maximum atomic E-state index is 6.11. The van der Waals surface area contributed by atoms with E-state index in [4.69, 9.17) is 22.1 Å². The number of ether oxygens (including phenoxy) is 1. The van der Waals surface area contributed by atoms with Crippen LogP contribution >= 0.6 is 11.6 Å². The van der Waals surface area contributed by atoms with Gasteiger partial charge in [-0.3, -0.25) is 4.98 Å². The summed E-state index contributed by atoms with van der Waals surface area (Å²) in [5.74, 6) is 0.817. The zero-order valence-corrected chi connectivity index (χ0v) is 12.4. The SMILES string of the molecule is COc1cccc(-c2cnc(CN)c3cc(Cl)ccc23)c1. The third-order valence-corrected chi connectivity index (χ3v) is 3.74. The highest BCUT2D eigenvalue weighted by Crippen LogP contribution is 2.32. The smallest absolute Gasteiger partial charge is 0.119 e. The zero-order chi connectivity index (χ0) is 14.8. The second-order valence-electron chi connectivity index (χ2n) is 4.74. The van der Waals surface area contributed by atoms with E-state index in [0.717, 1.165) is 33.3 Å². The summed E-state index contributed by atoms with van der Waals surface area (Å²) in [7, 11) is 1.66. The van der Waals surface area contributed by atoms with Gasteiger partial charge in [-0.2, -0.15) is 0 Å². The lowest BCUT2D eigenvalue weighted by Gasteiger charge is -2.11. The molecule has 0 atom stereocenters. The first-order valence-electron chi connectivity index (χ1n) is 6.64. The van der Waals surface area contributed by atoms with Crippen LogP contribution < -0.4 is 10.5 Å². The Morgan fingerprint density at radius 3 is 2.76 bits per heavy atom. The van der Waals surface area contributed by atoms with Crippen LogP contribution in [0, 0.1) is 0 Å². The van der Waals surface area contributed by atoms with E-state index in [-0.39, 0.29) is 0 Å². The number of rotatable bonds is 3. The number of halogens is 1. The maximum Gasteiger partial charge on any atom is 0.119 e. The quantitative estimate of drug-likeness (QED) is 0.794. The van der Waals surface area contributed by atoms with Crippen molar-refractivity contribution in [2.24, 2.45) is 5.73 Å². The van der Waals surface area contributed by atoms with Crippen LogP contribution in [-0.2, 0) is 6.54 Å². The van der Waals surface area contributed by atoms with Crippen LogP contribution in [0.1, 0.15) is 5.69 Å². The van der Waals surface area contributed by atoms with Crippen molar-refractivity contribution in [3.05, 3.63) is 59.4 Å². The standard InChI is InChI=1S/C17H15ClN2O/c1-21-13-4-2-3-11(7-13)16-10-20-17(9-19)15-8-12(18)5-6-14(15)16/h2-8,10H,9,19H2,1H3. The predicted molar refractivity (Wildman–Crippen MR) is 86.6 cm³/mol. The molecule has 21 heavy (non-hydrogen) atoms. The highest BCUT2D eigenvalue weighted by molar-refractivity contribution is 6.31. The summed E-state index contributed by atoms with van der Waals surface area (Å²) in [5, 5.41) is 2.76. The molecule has 2 aromatic carbocycles. The fraction of sp³-hybridized carbons (Fsp3) is 0.118. The number of aromatic nitrogens is 1. The maximum absolute atomic E-state index is 6.11. The number of hydrogen-bond acceptors (Lipinski definition) is 3. The minimum Gasteiger partial charge on any atom is -0.497 e. The molecule has 0 radical (unpaired) electrons. The third kappa shape index (κ3) is 2.58. The number of hydrogen-bond donors (Lipinski definition) is 1. The van der Waals surface area contributed by atoms with E-state index in [1.54, 1.807) is 7.11 Å². The number of fused-ring (bicyclic) bond motifs is 1. The lowest BCUT2D eigenvalue weighted by Crippen LogP contribution is -2.01. The highest BCUT2D eigenvalue weighted by Gasteiger charge is 2.09. The van der Waals surface area contributed by atoms with Crippen molar-refractivity contribution in [3.8, 4) is 16.9 Å². The first kappa shape index (κ1) is 13.9. The van der Waals surface area contributed by atoms with Crippen molar-refractivity contribution in [3.63, 3.8) is 0 Å². The van der Waals surface area contributed by atoms with E-state index in [1.165, 1.54) is 0 Å². The van der Waals surface area contributed by atoms with Crippen molar-refractivity contribution >= 4 is 22.4 Å². The van der Waals surface area contributed by atoms with Crippen molar-refractivity contribution in [1.82, 2.24) is 4.98 Å². The van der Waals surface area contributed by atoms with Crippen LogP contribution in [0.15, 0.2) is 48.7 Å². The Kier molecular flexibility index (Phi) is 3.78. The lowest BCUT2D eigenvalue weighted by molar-refractivity contribution is 0.415. The first-order valence-corrected chi connectivity index (χ1v) is 7.02. The molecule has 0 bridgehead atoms. The summed E-state index contributed by atoms with van der Waals surface area (Å²) >= 11 is 6.11. The summed E-state index contributed by atoms with van der Waals surface area (Å²) in [6.45, 7) is 0.384. The number of methoxy groups -OCH3 is 1. The summed E-state index contributed by atoms with van der Waals surface area (Å²) in [6.07, 6.45) is 1.85. The minimum atomic E-state index is 0.384. The van der Waals surface area contributed by atoms with Crippen LogP contribution in [0.4, 0.5) is 0 Å². The molecule has 0 amide bonds. The van der Waals surface area contributed by atoms with E-state index in [0.29, 0.717) is 11.6 Å². The molecule has 0 aliphatic carbocycles. The van der Waals surface area contributed by atoms with Gasteiger partial charge in [0, 0.05) is 28.7 Å². The predicted octanol–water partition coefficient (Wildman–Crippen LogP) is 4.02. The number of nitrogens with zero attached hydrogens (tertiary/aromatic N) is 1. The Balaban J connectivity index is 2.28. The Morgan fingerprint density at radius 1 is 1.14 bits per heavy atom. The fourth-order valence-electron chi connectivity index (χ4n) is 2.45. The lowest BCUT2D eigenvalue weighted by atomic mass is 9.99. The largest absolute Gasteiger partial charge is 0.497 e. The molecular formula is C17H15ClN2O. The minimum absolute atomic E-state index is 0.384. The summed E-state index contributed by atoms with van der Waals surface area (Å²) in [5.41, 5.74) is 8.71. The average Bonchev–Trinajstić information content (AvgIpc) is 2.53. The zero-order valence-electron chi connectivity index (χ0n) is 11.6. The first-order chi connectivity index (χ1) is 10.2. The van der Waals surface area contributed by atoms with Crippen molar-refractivity contribution in [2.75, 3.05) is 7.11 Å². The molecule has 0 fully saturated rings. The van der Waals surface area contributed by atoms with E-state index < -0.39 is 0 Å². The molecule has 1 aromatic heterocycles. The molecule has 0 aliphatic heterocycles. The topological polar surface area (TPSA) is 48.1 Å². The van der Waals surface area contributed by atoms with Gasteiger partial charge in [-0.1, -0.05) is 29.8 Å². The van der Waals surface area contributed by atoms with Crippen molar-refractivity contribution in [2.45, 2.75) is 6.54 Å². The van der Waals surface area contributed by atoms with Crippen molar-refractivity contribution in [1.29, 1.82) is 0 Å². The molecule has 0 aliphatic rings. The highest BCUT2D eigenvalue weighted by atomic mass is 35.5. The van der Waals surface area contributed by atoms with Gasteiger partial charge in [-0.15, -0.1) is 0 Å². The van der Waals surface area contributed by atoms with Gasteiger partial charge in [0.2, 0.25) is 0 Å². The molecule has 0 saturated carbocycles. The molecular weight excluding hydrogens is 284 g/mol. The van der Waals surface area contributed by atoms with Gasteiger partial charge < -0.3 is 10.5 Å². The summed E-state index contributed by atoms with van der Waals surface area (Å²) < 4.78 is 5.29. The molecule has 3 nitrogen and oxygen atoms in total. The monoisotopic (exact) mass is 298 g/mol. The third-order valence-electron chi connectivity index (χ3n) is 3.51. The van der Waals surface area contributed by atoms with Crippen LogP contribution in [0.25, 0.3) is 21.9 Å². The van der Waals surface area contributed by atoms with E-state index in [1.807, 2.05) is 48.7 Å². The number of benzene rings is 2. The Hall–Kier alpha value is -2.10. The van der Waals surface area contributed by atoms with Gasteiger partial charge in [-0.25, -0.2) is 0 Å². The van der Waals surface area contributed by atoms with Crippen LogP contribution in [0.5, 0.6) is 5.75 Å². The van der Waals surface area contributed by atoms with Gasteiger partial charge >= 0.3 is 0 Å². The average molecular weight is 299 g/mol. The number of pyridine rings is 1. The second kappa shape index (κ2) is 5.72. The fourth-order valence-corrected chi connectivity index (χ4v) is 2.63. The second-order valence-corrected chi connectivity index (χ2v) is 5.18. The Morgan fingerprint density at radius 2 is 2.00 bits per heavy atom. The summed E-state index contributed by atoms with van der Waals surface area (Å²) in [6, 6.07) is 13.7. The van der Waals surface area contributed by atoms with Gasteiger partial charge in [0.25, 0.3) is 0 Å². The molecule has 3 aromatic rings. The molecule has 0 unspecified atom stereocenters. The van der Waals surface area contributed by atoms with Gasteiger partial charge in [0.15, 0.2) is 0 Å². The molecule has 3 rings (SSSR count). The Bertz CT molecular complexity index is 802. The molecule has 1 heterocycles. The molecule has 0 saturated heterocycles. The van der Waals surface area contributed by atoms with Crippen molar-refractivity contribution < 1.29 is 4.74 Å². The van der Waals surface area contributed by atoms with E-state index in [2.05, 4.69) is 4.98 Å². The van der Waals surface area contributed by atoms with E-state index in [9.17, 15) is 0 Å². The molecule has 0 spiro atoms. The summed E-state index contributed by atoms with van der Waals surface area (Å²) in [4.78, 5) is 4.47. The molecule has 106 valence electrons. The van der Waals surface area contributed by atoms with Crippen LogP contribution in [0.2, 0.25) is 5.02 Å². The van der Waals surface area contributed by atoms with Gasteiger partial charge in [-0.05, 0) is 35.2 Å². The van der Waals surface area contributed by atoms with Gasteiger partial charge in [0.1, 0.15) is 5.75 Å². The van der Waals surface area contributed by atoms with Gasteiger partial charge in [0.05, 0.1) is 12.8 Å². The molecule has 2 N–H and O–H groups in total. The van der Waals surface area contributed by atoms with Crippen LogP contribution in [0.3, 0.4) is 0 Å². The molecule has 4 heteroatoms. The normalized spacial score (nSPS) is 10.8. The van der Waals surface area contributed by atoms with E-state index >= 15 is 0 Å². The Labute approximate surface area is 128 Å².